The molecular weight excluding hydrogens is 330 g/mol. The van der Waals surface area contributed by atoms with Gasteiger partial charge in [0.05, 0.1) is 47.4 Å². The van der Waals surface area contributed by atoms with E-state index in [1.807, 2.05) is 12.1 Å². The van der Waals surface area contributed by atoms with Crippen molar-refractivity contribution in [3.63, 3.8) is 0 Å². The highest BCUT2D eigenvalue weighted by Gasteiger charge is 2.19. The SMILES string of the molecule is COc1cccc(OC)c1C(=O)Nc1ccc(N2CC[NH+](C)CC2)cc1. The zero-order valence-corrected chi connectivity index (χ0v) is 15.5. The van der Waals surface area contributed by atoms with Gasteiger partial charge in [-0.1, -0.05) is 6.07 Å². The molecule has 2 aromatic carbocycles. The highest BCUT2D eigenvalue weighted by molar-refractivity contribution is 6.08. The minimum absolute atomic E-state index is 0.254. The molecule has 138 valence electrons. The summed E-state index contributed by atoms with van der Waals surface area (Å²) in [7, 11) is 5.30. The second-order valence-corrected chi connectivity index (χ2v) is 6.48. The van der Waals surface area contributed by atoms with Gasteiger partial charge in [-0.3, -0.25) is 4.79 Å². The number of quaternary nitrogens is 1. The number of carbonyl (C=O) groups is 1. The average molecular weight is 356 g/mol. The first-order valence-corrected chi connectivity index (χ1v) is 8.81. The molecule has 2 N–H and O–H groups in total. The van der Waals surface area contributed by atoms with E-state index in [2.05, 4.69) is 29.4 Å². The van der Waals surface area contributed by atoms with Crippen molar-refractivity contribution in [1.29, 1.82) is 0 Å². The van der Waals surface area contributed by atoms with E-state index in [0.29, 0.717) is 17.1 Å². The number of ether oxygens (including phenoxy) is 2. The third kappa shape index (κ3) is 3.91. The molecule has 1 heterocycles. The average Bonchev–Trinajstić information content (AvgIpc) is 2.68. The summed E-state index contributed by atoms with van der Waals surface area (Å²) in [5.41, 5.74) is 2.32. The standard InChI is InChI=1S/C20H25N3O3/c1-22-11-13-23(14-12-22)16-9-7-15(8-10-16)21-20(24)19-17(25-2)5-4-6-18(19)26-3/h4-10H,11-14H2,1-3H3,(H,21,24)/p+1. The molecule has 1 aliphatic rings. The molecule has 0 spiro atoms. The van der Waals surface area contributed by atoms with Gasteiger partial charge in [-0.05, 0) is 36.4 Å². The van der Waals surface area contributed by atoms with Crippen LogP contribution in [0.3, 0.4) is 0 Å². The fraction of sp³-hybridized carbons (Fsp3) is 0.350. The summed E-state index contributed by atoms with van der Waals surface area (Å²) in [6, 6.07) is 13.2. The Morgan fingerprint density at radius 2 is 1.58 bits per heavy atom. The van der Waals surface area contributed by atoms with Crippen LogP contribution < -0.4 is 24.6 Å². The van der Waals surface area contributed by atoms with E-state index in [9.17, 15) is 4.79 Å². The van der Waals surface area contributed by atoms with Crippen LogP contribution in [0.5, 0.6) is 11.5 Å². The van der Waals surface area contributed by atoms with Gasteiger partial charge >= 0.3 is 0 Å². The maximum absolute atomic E-state index is 12.7. The van der Waals surface area contributed by atoms with E-state index in [0.717, 1.165) is 31.9 Å². The number of piperazine rings is 1. The maximum Gasteiger partial charge on any atom is 0.263 e. The molecule has 0 atom stereocenters. The Labute approximate surface area is 154 Å². The number of hydrogen-bond acceptors (Lipinski definition) is 4. The number of carbonyl (C=O) groups excluding carboxylic acids is 1. The van der Waals surface area contributed by atoms with Gasteiger partial charge in [0.2, 0.25) is 0 Å². The van der Waals surface area contributed by atoms with Crippen molar-refractivity contribution >= 4 is 17.3 Å². The molecule has 6 heteroatoms. The van der Waals surface area contributed by atoms with Gasteiger partial charge in [-0.25, -0.2) is 0 Å². The van der Waals surface area contributed by atoms with Crippen LogP contribution in [0.4, 0.5) is 11.4 Å². The Kier molecular flexibility index (Phi) is 5.63. The predicted octanol–water partition coefficient (Wildman–Crippen LogP) is 1.29. The zero-order chi connectivity index (χ0) is 18.5. The number of rotatable bonds is 5. The first kappa shape index (κ1) is 18.1. The van der Waals surface area contributed by atoms with Crippen molar-refractivity contribution in [1.82, 2.24) is 0 Å². The van der Waals surface area contributed by atoms with Crippen molar-refractivity contribution < 1.29 is 19.2 Å². The molecular formula is C20H26N3O3+. The molecule has 26 heavy (non-hydrogen) atoms. The molecule has 0 radical (unpaired) electrons. The van der Waals surface area contributed by atoms with Gasteiger partial charge in [-0.15, -0.1) is 0 Å². The number of benzene rings is 2. The van der Waals surface area contributed by atoms with Crippen molar-refractivity contribution in [2.45, 2.75) is 0 Å². The first-order chi connectivity index (χ1) is 12.6. The van der Waals surface area contributed by atoms with Crippen molar-refractivity contribution in [3.05, 3.63) is 48.0 Å². The smallest absolute Gasteiger partial charge is 0.263 e. The molecule has 0 aromatic heterocycles. The number of likely N-dealkylation sites (N-methyl/N-ethyl adjacent to an activating group) is 1. The highest BCUT2D eigenvalue weighted by atomic mass is 16.5. The summed E-state index contributed by atoms with van der Waals surface area (Å²) in [5.74, 6) is 0.715. The number of amides is 1. The molecule has 1 amide bonds. The first-order valence-electron chi connectivity index (χ1n) is 8.81. The van der Waals surface area contributed by atoms with Crippen LogP contribution in [-0.4, -0.2) is 53.4 Å². The zero-order valence-electron chi connectivity index (χ0n) is 15.5. The van der Waals surface area contributed by atoms with Crippen LogP contribution in [-0.2, 0) is 0 Å². The lowest BCUT2D eigenvalue weighted by Gasteiger charge is -2.31. The summed E-state index contributed by atoms with van der Waals surface area (Å²) in [6.45, 7) is 4.39. The summed E-state index contributed by atoms with van der Waals surface area (Å²) in [6.07, 6.45) is 0. The normalized spacial score (nSPS) is 14.8. The van der Waals surface area contributed by atoms with Crippen LogP contribution in [0.25, 0.3) is 0 Å². The maximum atomic E-state index is 12.7. The Morgan fingerprint density at radius 1 is 1.00 bits per heavy atom. The third-order valence-corrected chi connectivity index (χ3v) is 4.76. The Morgan fingerprint density at radius 3 is 2.12 bits per heavy atom. The molecule has 3 rings (SSSR count). The lowest BCUT2D eigenvalue weighted by atomic mass is 10.1. The number of nitrogens with one attached hydrogen (secondary N) is 2. The summed E-state index contributed by atoms with van der Waals surface area (Å²) < 4.78 is 10.6. The van der Waals surface area contributed by atoms with Crippen LogP contribution in [0.1, 0.15) is 10.4 Å². The van der Waals surface area contributed by atoms with Gasteiger partial charge in [0.25, 0.3) is 5.91 Å². The monoisotopic (exact) mass is 356 g/mol. The second-order valence-electron chi connectivity index (χ2n) is 6.48. The topological polar surface area (TPSA) is 55.2 Å². The minimum atomic E-state index is -0.254. The molecule has 6 nitrogen and oxygen atoms in total. The third-order valence-electron chi connectivity index (χ3n) is 4.76. The van der Waals surface area contributed by atoms with Gasteiger partial charge in [-0.2, -0.15) is 0 Å². The van der Waals surface area contributed by atoms with E-state index < -0.39 is 0 Å². The molecule has 1 aliphatic heterocycles. The van der Waals surface area contributed by atoms with E-state index in [1.165, 1.54) is 19.9 Å². The summed E-state index contributed by atoms with van der Waals surface area (Å²) in [5, 5.41) is 2.92. The van der Waals surface area contributed by atoms with Crippen LogP contribution in [0.2, 0.25) is 0 Å². The highest BCUT2D eigenvalue weighted by Crippen LogP contribution is 2.29. The molecule has 0 bridgehead atoms. The number of nitrogens with zero attached hydrogens (tertiary/aromatic N) is 1. The Bertz CT molecular complexity index is 731. The van der Waals surface area contributed by atoms with Crippen LogP contribution in [0.15, 0.2) is 42.5 Å². The number of anilines is 2. The fourth-order valence-electron chi connectivity index (χ4n) is 3.17. The minimum Gasteiger partial charge on any atom is -0.496 e. The summed E-state index contributed by atoms with van der Waals surface area (Å²) >= 11 is 0. The van der Waals surface area contributed by atoms with Crippen molar-refractivity contribution in [2.24, 2.45) is 0 Å². The van der Waals surface area contributed by atoms with Crippen molar-refractivity contribution in [2.75, 3.05) is 57.7 Å². The molecule has 2 aromatic rings. The van der Waals surface area contributed by atoms with Gasteiger partial charge in [0.15, 0.2) is 0 Å². The van der Waals surface area contributed by atoms with E-state index >= 15 is 0 Å². The lowest BCUT2D eigenvalue weighted by Crippen LogP contribution is -3.12. The van der Waals surface area contributed by atoms with Gasteiger partial charge in [0.1, 0.15) is 17.1 Å². The largest absolute Gasteiger partial charge is 0.496 e. The van der Waals surface area contributed by atoms with Crippen LogP contribution in [0, 0.1) is 0 Å². The van der Waals surface area contributed by atoms with Crippen molar-refractivity contribution in [3.8, 4) is 11.5 Å². The Hall–Kier alpha value is -2.73. The van der Waals surface area contributed by atoms with Crippen LogP contribution >= 0.6 is 0 Å². The molecule has 0 aliphatic carbocycles. The Balaban J connectivity index is 1.72. The summed E-state index contributed by atoms with van der Waals surface area (Å²) in [4.78, 5) is 16.7. The quantitative estimate of drug-likeness (QED) is 0.848. The fourth-order valence-corrected chi connectivity index (χ4v) is 3.17. The van der Waals surface area contributed by atoms with E-state index in [4.69, 9.17) is 9.47 Å². The second kappa shape index (κ2) is 8.10. The number of methoxy groups -OCH3 is 2. The molecule has 0 saturated carbocycles. The van der Waals surface area contributed by atoms with Gasteiger partial charge < -0.3 is 24.6 Å². The lowest BCUT2D eigenvalue weighted by molar-refractivity contribution is -0.880. The van der Waals surface area contributed by atoms with Gasteiger partial charge in [0, 0.05) is 11.4 Å². The molecule has 0 unspecified atom stereocenters. The number of hydrogen-bond donors (Lipinski definition) is 2. The predicted molar refractivity (Wildman–Crippen MR) is 103 cm³/mol. The van der Waals surface area contributed by atoms with E-state index in [-0.39, 0.29) is 5.91 Å². The van der Waals surface area contributed by atoms with E-state index in [1.54, 1.807) is 23.1 Å². The molecule has 1 saturated heterocycles. The molecule has 1 fully saturated rings.